The normalized spacial score (nSPS) is 10.1. The molecule has 0 bridgehead atoms. The van der Waals surface area contributed by atoms with Crippen molar-refractivity contribution in [2.75, 3.05) is 6.54 Å². The zero-order valence-corrected chi connectivity index (χ0v) is 9.87. The van der Waals surface area contributed by atoms with E-state index in [1.807, 2.05) is 42.5 Å². The lowest BCUT2D eigenvalue weighted by molar-refractivity contribution is 0.502. The number of benzene rings is 1. The fourth-order valence-electron chi connectivity index (χ4n) is 1.51. The molecule has 0 radical (unpaired) electrons. The smallest absolute Gasteiger partial charge is 0.134 e. The SMILES string of the molecule is N#CCNCc1ccc(-c2cccc(Cl)c2)o1. The topological polar surface area (TPSA) is 49.0 Å². The highest BCUT2D eigenvalue weighted by molar-refractivity contribution is 6.30. The molecule has 1 heterocycles. The number of furan rings is 1. The van der Waals surface area contributed by atoms with Crippen LogP contribution < -0.4 is 5.32 Å². The first-order valence-corrected chi connectivity index (χ1v) is 5.60. The van der Waals surface area contributed by atoms with Crippen LogP contribution in [0.25, 0.3) is 11.3 Å². The summed E-state index contributed by atoms with van der Waals surface area (Å²) >= 11 is 5.91. The number of hydrogen-bond donors (Lipinski definition) is 1. The van der Waals surface area contributed by atoms with Crippen molar-refractivity contribution in [1.29, 1.82) is 5.26 Å². The zero-order valence-electron chi connectivity index (χ0n) is 9.11. The minimum Gasteiger partial charge on any atom is -0.460 e. The van der Waals surface area contributed by atoms with Gasteiger partial charge in [0.15, 0.2) is 0 Å². The van der Waals surface area contributed by atoms with Crippen molar-refractivity contribution >= 4 is 11.6 Å². The van der Waals surface area contributed by atoms with Crippen molar-refractivity contribution in [2.24, 2.45) is 0 Å². The molecule has 0 aliphatic rings. The fourth-order valence-corrected chi connectivity index (χ4v) is 1.70. The molecule has 0 saturated heterocycles. The summed E-state index contributed by atoms with van der Waals surface area (Å²) < 4.78 is 5.64. The molecule has 0 atom stereocenters. The Balaban J connectivity index is 2.10. The van der Waals surface area contributed by atoms with Gasteiger partial charge in [-0.3, -0.25) is 5.32 Å². The molecule has 17 heavy (non-hydrogen) atoms. The maximum Gasteiger partial charge on any atom is 0.134 e. The number of nitriles is 1. The van der Waals surface area contributed by atoms with Crippen LogP contribution in [-0.4, -0.2) is 6.54 Å². The van der Waals surface area contributed by atoms with Gasteiger partial charge in [0, 0.05) is 10.6 Å². The summed E-state index contributed by atoms with van der Waals surface area (Å²) in [5.74, 6) is 1.58. The number of hydrogen-bond acceptors (Lipinski definition) is 3. The van der Waals surface area contributed by atoms with E-state index >= 15 is 0 Å². The Morgan fingerprint density at radius 3 is 2.94 bits per heavy atom. The third-order valence-corrected chi connectivity index (χ3v) is 2.51. The Morgan fingerprint density at radius 1 is 1.29 bits per heavy atom. The summed E-state index contributed by atoms with van der Waals surface area (Å²) in [5.41, 5.74) is 0.948. The first-order valence-electron chi connectivity index (χ1n) is 5.22. The molecule has 0 amide bonds. The van der Waals surface area contributed by atoms with Gasteiger partial charge >= 0.3 is 0 Å². The monoisotopic (exact) mass is 246 g/mol. The lowest BCUT2D eigenvalue weighted by Gasteiger charge is -1.98. The Bertz CT molecular complexity index is 542. The molecule has 4 heteroatoms. The second-order valence-corrected chi connectivity index (χ2v) is 3.97. The van der Waals surface area contributed by atoms with Crippen molar-refractivity contribution in [3.8, 4) is 17.4 Å². The number of nitrogens with zero attached hydrogens (tertiary/aromatic N) is 1. The van der Waals surface area contributed by atoms with Crippen LogP contribution in [0.15, 0.2) is 40.8 Å². The summed E-state index contributed by atoms with van der Waals surface area (Å²) in [6.07, 6.45) is 0. The molecule has 3 nitrogen and oxygen atoms in total. The van der Waals surface area contributed by atoms with Gasteiger partial charge in [0.25, 0.3) is 0 Å². The summed E-state index contributed by atoms with van der Waals surface area (Å²) in [4.78, 5) is 0. The molecule has 0 aliphatic heterocycles. The van der Waals surface area contributed by atoms with Gasteiger partial charge in [0.2, 0.25) is 0 Å². The predicted molar refractivity (Wildman–Crippen MR) is 66.5 cm³/mol. The highest BCUT2D eigenvalue weighted by Gasteiger charge is 2.04. The predicted octanol–water partition coefficient (Wildman–Crippen LogP) is 3.21. The van der Waals surface area contributed by atoms with Crippen molar-refractivity contribution in [3.63, 3.8) is 0 Å². The van der Waals surface area contributed by atoms with Gasteiger partial charge in [0.05, 0.1) is 19.2 Å². The molecule has 1 aromatic carbocycles. The van der Waals surface area contributed by atoms with Gasteiger partial charge in [-0.1, -0.05) is 23.7 Å². The van der Waals surface area contributed by atoms with Crippen LogP contribution in [0.5, 0.6) is 0 Å². The van der Waals surface area contributed by atoms with E-state index in [2.05, 4.69) is 5.32 Å². The molecular formula is C13H11ClN2O. The number of halogens is 1. The standard InChI is InChI=1S/C13H11ClN2O/c14-11-3-1-2-10(8-11)13-5-4-12(17-13)9-16-7-6-15/h1-5,8,16H,7,9H2. The van der Waals surface area contributed by atoms with E-state index in [9.17, 15) is 0 Å². The van der Waals surface area contributed by atoms with E-state index in [0.29, 0.717) is 18.1 Å². The maximum atomic E-state index is 8.40. The van der Waals surface area contributed by atoms with Crippen LogP contribution in [0.4, 0.5) is 0 Å². The van der Waals surface area contributed by atoms with Gasteiger partial charge in [-0.25, -0.2) is 0 Å². The van der Waals surface area contributed by atoms with Crippen LogP contribution in [0, 0.1) is 11.3 Å². The van der Waals surface area contributed by atoms with E-state index < -0.39 is 0 Å². The molecule has 0 spiro atoms. The van der Waals surface area contributed by atoms with Crippen molar-refractivity contribution < 1.29 is 4.42 Å². The Morgan fingerprint density at radius 2 is 2.18 bits per heavy atom. The van der Waals surface area contributed by atoms with Crippen LogP contribution in [-0.2, 0) is 6.54 Å². The zero-order chi connectivity index (χ0) is 12.1. The van der Waals surface area contributed by atoms with Crippen LogP contribution in [0.3, 0.4) is 0 Å². The van der Waals surface area contributed by atoms with Crippen molar-refractivity contribution in [2.45, 2.75) is 6.54 Å². The van der Waals surface area contributed by atoms with Gasteiger partial charge in [-0.05, 0) is 24.3 Å². The van der Waals surface area contributed by atoms with Crippen molar-refractivity contribution in [3.05, 3.63) is 47.2 Å². The Labute approximate surface area is 105 Å². The minimum atomic E-state index is 0.313. The highest BCUT2D eigenvalue weighted by Crippen LogP contribution is 2.24. The first-order chi connectivity index (χ1) is 8.29. The van der Waals surface area contributed by atoms with Gasteiger partial charge in [-0.15, -0.1) is 0 Å². The van der Waals surface area contributed by atoms with E-state index in [4.69, 9.17) is 21.3 Å². The average Bonchev–Trinajstić information content (AvgIpc) is 2.78. The largest absolute Gasteiger partial charge is 0.460 e. The van der Waals surface area contributed by atoms with Crippen molar-refractivity contribution in [1.82, 2.24) is 5.32 Å². The van der Waals surface area contributed by atoms with E-state index in [1.165, 1.54) is 0 Å². The molecule has 86 valence electrons. The molecule has 0 fully saturated rings. The molecule has 2 aromatic rings. The quantitative estimate of drug-likeness (QED) is 0.666. The summed E-state index contributed by atoms with van der Waals surface area (Å²) in [6.45, 7) is 0.862. The first kappa shape index (κ1) is 11.7. The second kappa shape index (κ2) is 5.53. The van der Waals surface area contributed by atoms with E-state index in [-0.39, 0.29) is 0 Å². The highest BCUT2D eigenvalue weighted by atomic mass is 35.5. The Kier molecular flexibility index (Phi) is 3.81. The van der Waals surface area contributed by atoms with Gasteiger partial charge < -0.3 is 4.42 Å². The molecule has 1 aromatic heterocycles. The molecule has 2 rings (SSSR count). The fraction of sp³-hybridized carbons (Fsp3) is 0.154. The summed E-state index contributed by atoms with van der Waals surface area (Å²) in [5, 5.41) is 12.0. The summed E-state index contributed by atoms with van der Waals surface area (Å²) in [7, 11) is 0. The molecular weight excluding hydrogens is 236 g/mol. The molecule has 0 unspecified atom stereocenters. The van der Waals surface area contributed by atoms with Crippen LogP contribution in [0.1, 0.15) is 5.76 Å². The average molecular weight is 247 g/mol. The maximum absolute atomic E-state index is 8.40. The molecule has 1 N–H and O–H groups in total. The van der Waals surface area contributed by atoms with Gasteiger partial charge in [0.1, 0.15) is 11.5 Å². The number of nitrogens with one attached hydrogen (secondary N) is 1. The minimum absolute atomic E-state index is 0.313. The van der Waals surface area contributed by atoms with Gasteiger partial charge in [-0.2, -0.15) is 5.26 Å². The molecule has 0 aliphatic carbocycles. The lowest BCUT2D eigenvalue weighted by atomic mass is 10.2. The lowest BCUT2D eigenvalue weighted by Crippen LogP contribution is -2.12. The second-order valence-electron chi connectivity index (χ2n) is 3.54. The molecule has 0 saturated carbocycles. The number of rotatable bonds is 4. The van der Waals surface area contributed by atoms with Crippen LogP contribution >= 0.6 is 11.6 Å². The third kappa shape index (κ3) is 3.10. The third-order valence-electron chi connectivity index (χ3n) is 2.27. The van der Waals surface area contributed by atoms with Crippen LogP contribution in [0.2, 0.25) is 5.02 Å². The van der Waals surface area contributed by atoms with E-state index in [1.54, 1.807) is 0 Å². The summed E-state index contributed by atoms with van der Waals surface area (Å²) in [6, 6.07) is 13.3. The Hall–Kier alpha value is -1.76. The van der Waals surface area contributed by atoms with E-state index in [0.717, 1.165) is 17.1 Å².